The van der Waals surface area contributed by atoms with Crippen molar-refractivity contribution >= 4 is 22.4 Å². The third-order valence-corrected chi connectivity index (χ3v) is 4.45. The topological polar surface area (TPSA) is 51.2 Å². The van der Waals surface area contributed by atoms with Crippen molar-refractivity contribution < 1.29 is 13.9 Å². The summed E-state index contributed by atoms with van der Waals surface area (Å²) >= 11 is 1.40. The first-order valence-electron chi connectivity index (χ1n) is 7.84. The number of hydrogen-bond acceptors (Lipinski definition) is 4. The monoisotopic (exact) mass is 356 g/mol. The zero-order valence-electron chi connectivity index (χ0n) is 13.9. The number of nitrogens with zero attached hydrogens (tertiary/aromatic N) is 1. The molecule has 0 aliphatic carbocycles. The van der Waals surface area contributed by atoms with Gasteiger partial charge < -0.3 is 4.74 Å². The largest absolute Gasteiger partial charge is 0.494 e. The third kappa shape index (κ3) is 4.03. The molecule has 0 fully saturated rings. The van der Waals surface area contributed by atoms with Crippen LogP contribution in [0.5, 0.6) is 5.75 Å². The minimum absolute atomic E-state index is 0.313. The quantitative estimate of drug-likeness (QED) is 0.707. The van der Waals surface area contributed by atoms with Crippen molar-refractivity contribution in [2.24, 2.45) is 0 Å². The van der Waals surface area contributed by atoms with Gasteiger partial charge in [0.15, 0.2) is 5.13 Å². The molecule has 25 heavy (non-hydrogen) atoms. The second-order valence-electron chi connectivity index (χ2n) is 5.34. The molecule has 0 atom stereocenters. The number of aromatic nitrogens is 1. The average molecular weight is 356 g/mol. The highest BCUT2D eigenvalue weighted by atomic mass is 32.1. The maximum Gasteiger partial charge on any atom is 0.257 e. The van der Waals surface area contributed by atoms with Crippen molar-refractivity contribution in [3.63, 3.8) is 0 Å². The predicted octanol–water partition coefficient (Wildman–Crippen LogP) is 4.91. The normalized spacial score (nSPS) is 10.5. The van der Waals surface area contributed by atoms with E-state index in [2.05, 4.69) is 10.3 Å². The van der Waals surface area contributed by atoms with E-state index >= 15 is 0 Å². The Bertz CT molecular complexity index is 873. The molecule has 0 aliphatic heterocycles. The number of amides is 1. The van der Waals surface area contributed by atoms with Crippen LogP contribution in [0.2, 0.25) is 0 Å². The van der Waals surface area contributed by atoms with Crippen LogP contribution in [0.1, 0.15) is 22.2 Å². The molecule has 0 radical (unpaired) electrons. The molecule has 0 spiro atoms. The lowest BCUT2D eigenvalue weighted by molar-refractivity contribution is 0.102. The van der Waals surface area contributed by atoms with Gasteiger partial charge >= 0.3 is 0 Å². The second-order valence-corrected chi connectivity index (χ2v) is 6.55. The van der Waals surface area contributed by atoms with E-state index < -0.39 is 0 Å². The minimum Gasteiger partial charge on any atom is -0.494 e. The summed E-state index contributed by atoms with van der Waals surface area (Å²) in [4.78, 5) is 17.7. The molecule has 3 aromatic rings. The lowest BCUT2D eigenvalue weighted by Crippen LogP contribution is -2.11. The highest BCUT2D eigenvalue weighted by molar-refractivity contribution is 7.16. The molecule has 3 rings (SSSR count). The van der Waals surface area contributed by atoms with Crippen LogP contribution < -0.4 is 10.1 Å². The van der Waals surface area contributed by atoms with Gasteiger partial charge in [-0.05, 0) is 62.4 Å². The summed E-state index contributed by atoms with van der Waals surface area (Å²) in [5, 5.41) is 3.27. The lowest BCUT2D eigenvalue weighted by atomic mass is 10.1. The number of aryl methyl sites for hydroxylation is 1. The number of thiazole rings is 1. The molecular weight excluding hydrogens is 339 g/mol. The SMILES string of the molecule is CCOc1ccc(-c2nc(NC(=O)c3ccc(F)cc3)sc2C)cc1. The zero-order valence-corrected chi connectivity index (χ0v) is 14.7. The van der Waals surface area contributed by atoms with Gasteiger partial charge in [0.05, 0.1) is 12.3 Å². The highest BCUT2D eigenvalue weighted by Gasteiger charge is 2.13. The van der Waals surface area contributed by atoms with E-state index in [1.54, 1.807) is 0 Å². The van der Waals surface area contributed by atoms with Crippen LogP contribution in [-0.4, -0.2) is 17.5 Å². The standard InChI is InChI=1S/C19H17FN2O2S/c1-3-24-16-10-6-13(7-11-16)17-12(2)25-19(21-17)22-18(23)14-4-8-15(20)9-5-14/h4-11H,3H2,1-2H3,(H,21,22,23). The highest BCUT2D eigenvalue weighted by Crippen LogP contribution is 2.31. The second kappa shape index (κ2) is 7.44. The molecule has 6 heteroatoms. The maximum atomic E-state index is 12.9. The van der Waals surface area contributed by atoms with E-state index in [0.29, 0.717) is 17.3 Å². The van der Waals surface area contributed by atoms with Crippen LogP contribution in [0.15, 0.2) is 48.5 Å². The molecule has 0 unspecified atom stereocenters. The van der Waals surface area contributed by atoms with E-state index in [-0.39, 0.29) is 11.7 Å². The number of rotatable bonds is 5. The Hall–Kier alpha value is -2.73. The fourth-order valence-electron chi connectivity index (χ4n) is 2.36. The Balaban J connectivity index is 1.77. The molecule has 1 N–H and O–H groups in total. The fraction of sp³-hybridized carbons (Fsp3) is 0.158. The van der Waals surface area contributed by atoms with Gasteiger partial charge in [0.2, 0.25) is 0 Å². The number of carbonyl (C=O) groups is 1. The number of hydrogen-bond donors (Lipinski definition) is 1. The number of nitrogens with one attached hydrogen (secondary N) is 1. The van der Waals surface area contributed by atoms with E-state index in [9.17, 15) is 9.18 Å². The van der Waals surface area contributed by atoms with Crippen LogP contribution in [0.4, 0.5) is 9.52 Å². The maximum absolute atomic E-state index is 12.9. The van der Waals surface area contributed by atoms with Gasteiger partial charge in [-0.1, -0.05) is 0 Å². The first kappa shape index (κ1) is 17.1. The Labute approximate surface area is 149 Å². The van der Waals surface area contributed by atoms with Gasteiger partial charge in [-0.2, -0.15) is 0 Å². The van der Waals surface area contributed by atoms with Crippen molar-refractivity contribution in [1.29, 1.82) is 0 Å². The molecule has 0 saturated heterocycles. The van der Waals surface area contributed by atoms with Crippen molar-refractivity contribution in [2.75, 3.05) is 11.9 Å². The van der Waals surface area contributed by atoms with Gasteiger partial charge in [-0.3, -0.25) is 10.1 Å². The van der Waals surface area contributed by atoms with Crippen LogP contribution in [0.3, 0.4) is 0 Å². The van der Waals surface area contributed by atoms with Crippen LogP contribution in [0, 0.1) is 12.7 Å². The molecule has 1 aromatic heterocycles. The van der Waals surface area contributed by atoms with E-state index in [1.807, 2.05) is 38.1 Å². The number of halogens is 1. The van der Waals surface area contributed by atoms with Crippen molar-refractivity contribution in [1.82, 2.24) is 4.98 Å². The first-order chi connectivity index (χ1) is 12.1. The summed E-state index contributed by atoms with van der Waals surface area (Å²) in [6, 6.07) is 13.1. The third-order valence-electron chi connectivity index (χ3n) is 3.56. The number of ether oxygens (including phenoxy) is 1. The van der Waals surface area contributed by atoms with Crippen LogP contribution >= 0.6 is 11.3 Å². The van der Waals surface area contributed by atoms with Crippen molar-refractivity contribution in [2.45, 2.75) is 13.8 Å². The minimum atomic E-state index is -0.376. The summed E-state index contributed by atoms with van der Waals surface area (Å²) in [5.74, 6) is 0.121. The van der Waals surface area contributed by atoms with Gasteiger partial charge in [0.25, 0.3) is 5.91 Å². The number of carbonyl (C=O) groups excluding carboxylic acids is 1. The molecule has 2 aromatic carbocycles. The Morgan fingerprint density at radius 1 is 1.16 bits per heavy atom. The van der Waals surface area contributed by atoms with Crippen molar-refractivity contribution in [3.8, 4) is 17.0 Å². The number of anilines is 1. The summed E-state index contributed by atoms with van der Waals surface area (Å²) in [6.07, 6.45) is 0. The molecule has 1 amide bonds. The fourth-order valence-corrected chi connectivity index (χ4v) is 3.19. The molecule has 4 nitrogen and oxygen atoms in total. The smallest absolute Gasteiger partial charge is 0.257 e. The average Bonchev–Trinajstić information content (AvgIpc) is 2.96. The van der Waals surface area contributed by atoms with E-state index in [0.717, 1.165) is 21.9 Å². The Morgan fingerprint density at radius 2 is 1.84 bits per heavy atom. The summed E-state index contributed by atoms with van der Waals surface area (Å²) in [6.45, 7) is 4.51. The molecule has 128 valence electrons. The molecule has 0 bridgehead atoms. The van der Waals surface area contributed by atoms with Crippen molar-refractivity contribution in [3.05, 3.63) is 64.8 Å². The molecule has 0 saturated carbocycles. The first-order valence-corrected chi connectivity index (χ1v) is 8.66. The van der Waals surface area contributed by atoms with Gasteiger partial charge in [0.1, 0.15) is 11.6 Å². The lowest BCUT2D eigenvalue weighted by Gasteiger charge is -2.04. The van der Waals surface area contributed by atoms with Gasteiger partial charge in [-0.25, -0.2) is 9.37 Å². The number of benzene rings is 2. The van der Waals surface area contributed by atoms with E-state index in [1.165, 1.54) is 35.6 Å². The summed E-state index contributed by atoms with van der Waals surface area (Å²) in [7, 11) is 0. The Morgan fingerprint density at radius 3 is 2.48 bits per heavy atom. The molecular formula is C19H17FN2O2S. The van der Waals surface area contributed by atoms with Gasteiger partial charge in [-0.15, -0.1) is 11.3 Å². The van der Waals surface area contributed by atoms with Crippen LogP contribution in [0.25, 0.3) is 11.3 Å². The Kier molecular flexibility index (Phi) is 5.09. The summed E-state index contributed by atoms with van der Waals surface area (Å²) < 4.78 is 18.4. The summed E-state index contributed by atoms with van der Waals surface area (Å²) in [5.41, 5.74) is 2.17. The molecule has 0 aliphatic rings. The molecule has 1 heterocycles. The van der Waals surface area contributed by atoms with E-state index in [4.69, 9.17) is 4.74 Å². The zero-order chi connectivity index (χ0) is 17.8. The van der Waals surface area contributed by atoms with Gasteiger partial charge in [0, 0.05) is 16.0 Å². The predicted molar refractivity (Wildman–Crippen MR) is 97.8 cm³/mol. The van der Waals surface area contributed by atoms with Crippen LogP contribution in [-0.2, 0) is 0 Å².